The fourth-order valence-corrected chi connectivity index (χ4v) is 2.33. The Hall–Kier alpha value is -2.14. The van der Waals surface area contributed by atoms with Crippen LogP contribution in [0.1, 0.15) is 25.8 Å². The lowest BCUT2D eigenvalue weighted by molar-refractivity contribution is 0.416. The normalized spacial score (nSPS) is 10.7. The molecule has 118 valence electrons. The van der Waals surface area contributed by atoms with Gasteiger partial charge >= 0.3 is 0 Å². The summed E-state index contributed by atoms with van der Waals surface area (Å²) >= 11 is 0. The van der Waals surface area contributed by atoms with E-state index in [-0.39, 0.29) is 5.56 Å². The summed E-state index contributed by atoms with van der Waals surface area (Å²) < 4.78 is 6.90. The van der Waals surface area contributed by atoms with Crippen LogP contribution in [0, 0.1) is 0 Å². The Bertz CT molecular complexity index is 680. The molecule has 0 amide bonds. The van der Waals surface area contributed by atoms with Crippen molar-refractivity contribution in [2.45, 2.75) is 33.4 Å². The molecule has 0 unspecified atom stereocenters. The Morgan fingerprint density at radius 1 is 1.27 bits per heavy atom. The summed E-state index contributed by atoms with van der Waals surface area (Å²) in [5.41, 5.74) is 2.34. The SMILES string of the molecule is CCCNCc1cc(-c2ccccc2OC)nn(CC)c1=O. The maximum absolute atomic E-state index is 12.4. The minimum Gasteiger partial charge on any atom is -0.496 e. The summed E-state index contributed by atoms with van der Waals surface area (Å²) in [5, 5.41) is 7.73. The monoisotopic (exact) mass is 301 g/mol. The summed E-state index contributed by atoms with van der Waals surface area (Å²) in [6.07, 6.45) is 1.03. The molecule has 0 spiro atoms. The Kier molecular flexibility index (Phi) is 5.72. The number of nitrogens with one attached hydrogen (secondary N) is 1. The number of ether oxygens (including phenoxy) is 1. The quantitative estimate of drug-likeness (QED) is 0.798. The van der Waals surface area contributed by atoms with Crippen molar-refractivity contribution >= 4 is 0 Å². The summed E-state index contributed by atoms with van der Waals surface area (Å²) in [6.45, 7) is 6.01. The number of hydrogen-bond donors (Lipinski definition) is 1. The minimum absolute atomic E-state index is 0.0373. The molecule has 1 N–H and O–H groups in total. The summed E-state index contributed by atoms with van der Waals surface area (Å²) in [6, 6.07) is 9.56. The van der Waals surface area contributed by atoms with Crippen LogP contribution in [0.25, 0.3) is 11.3 Å². The highest BCUT2D eigenvalue weighted by atomic mass is 16.5. The van der Waals surface area contributed by atoms with Gasteiger partial charge in [0, 0.05) is 24.2 Å². The molecule has 0 fully saturated rings. The van der Waals surface area contributed by atoms with Crippen molar-refractivity contribution < 1.29 is 4.74 Å². The molecule has 0 bridgehead atoms. The third-order valence-electron chi connectivity index (χ3n) is 3.47. The van der Waals surface area contributed by atoms with Gasteiger partial charge in [0.25, 0.3) is 5.56 Å². The van der Waals surface area contributed by atoms with E-state index in [1.54, 1.807) is 7.11 Å². The van der Waals surface area contributed by atoms with Crippen molar-refractivity contribution in [1.82, 2.24) is 15.1 Å². The van der Waals surface area contributed by atoms with Gasteiger partial charge in [-0.2, -0.15) is 5.10 Å². The first-order chi connectivity index (χ1) is 10.7. The van der Waals surface area contributed by atoms with Crippen LogP contribution in [-0.2, 0) is 13.1 Å². The maximum atomic E-state index is 12.4. The van der Waals surface area contributed by atoms with Gasteiger partial charge in [-0.05, 0) is 38.1 Å². The largest absolute Gasteiger partial charge is 0.496 e. The highest BCUT2D eigenvalue weighted by Crippen LogP contribution is 2.27. The zero-order chi connectivity index (χ0) is 15.9. The molecular formula is C17H23N3O2. The van der Waals surface area contributed by atoms with Gasteiger partial charge in [0.15, 0.2) is 0 Å². The van der Waals surface area contributed by atoms with Gasteiger partial charge < -0.3 is 10.1 Å². The first-order valence-electron chi connectivity index (χ1n) is 7.66. The molecule has 0 saturated heterocycles. The van der Waals surface area contributed by atoms with Crippen LogP contribution in [0.4, 0.5) is 0 Å². The Balaban J connectivity index is 2.47. The van der Waals surface area contributed by atoms with Crippen molar-refractivity contribution in [3.8, 4) is 17.0 Å². The number of aromatic nitrogens is 2. The first-order valence-corrected chi connectivity index (χ1v) is 7.66. The van der Waals surface area contributed by atoms with Crippen LogP contribution >= 0.6 is 0 Å². The second-order valence-electron chi connectivity index (χ2n) is 5.05. The lowest BCUT2D eigenvalue weighted by Crippen LogP contribution is -2.29. The van der Waals surface area contributed by atoms with Crippen LogP contribution in [0.2, 0.25) is 0 Å². The van der Waals surface area contributed by atoms with Crippen LogP contribution < -0.4 is 15.6 Å². The van der Waals surface area contributed by atoms with Crippen LogP contribution in [-0.4, -0.2) is 23.4 Å². The van der Waals surface area contributed by atoms with Gasteiger partial charge in [0.2, 0.25) is 0 Å². The van der Waals surface area contributed by atoms with Crippen LogP contribution in [0.15, 0.2) is 35.1 Å². The summed E-state index contributed by atoms with van der Waals surface area (Å²) in [4.78, 5) is 12.4. The summed E-state index contributed by atoms with van der Waals surface area (Å²) in [5.74, 6) is 0.753. The molecule has 0 aliphatic rings. The Morgan fingerprint density at radius 2 is 2.05 bits per heavy atom. The minimum atomic E-state index is -0.0373. The Labute approximate surface area is 130 Å². The molecule has 2 aromatic rings. The maximum Gasteiger partial charge on any atom is 0.271 e. The van der Waals surface area contributed by atoms with Gasteiger partial charge in [-0.3, -0.25) is 4.79 Å². The fourth-order valence-electron chi connectivity index (χ4n) is 2.33. The highest BCUT2D eigenvalue weighted by molar-refractivity contribution is 5.67. The third kappa shape index (κ3) is 3.54. The lowest BCUT2D eigenvalue weighted by atomic mass is 10.1. The van der Waals surface area contributed by atoms with Crippen molar-refractivity contribution in [2.24, 2.45) is 0 Å². The third-order valence-corrected chi connectivity index (χ3v) is 3.47. The fraction of sp³-hybridized carbons (Fsp3) is 0.412. The van der Waals surface area contributed by atoms with Gasteiger partial charge in [-0.1, -0.05) is 19.1 Å². The molecule has 0 aliphatic carbocycles. The summed E-state index contributed by atoms with van der Waals surface area (Å²) in [7, 11) is 1.64. The topological polar surface area (TPSA) is 56.1 Å². The molecule has 5 heteroatoms. The van der Waals surface area contributed by atoms with E-state index in [0.717, 1.165) is 35.5 Å². The molecule has 1 aromatic heterocycles. The predicted octanol–water partition coefficient (Wildman–Crippen LogP) is 2.44. The van der Waals surface area contributed by atoms with E-state index in [2.05, 4.69) is 17.3 Å². The van der Waals surface area contributed by atoms with Crippen LogP contribution in [0.3, 0.4) is 0 Å². The van der Waals surface area contributed by atoms with E-state index in [1.165, 1.54) is 4.68 Å². The van der Waals surface area contributed by atoms with Crippen molar-refractivity contribution in [3.63, 3.8) is 0 Å². The van der Waals surface area contributed by atoms with Crippen molar-refractivity contribution in [3.05, 3.63) is 46.2 Å². The van der Waals surface area contributed by atoms with E-state index in [4.69, 9.17) is 4.74 Å². The number of rotatable bonds is 7. The molecular weight excluding hydrogens is 278 g/mol. The van der Waals surface area contributed by atoms with Gasteiger partial charge in [0.05, 0.1) is 12.8 Å². The number of nitrogens with zero attached hydrogens (tertiary/aromatic N) is 2. The zero-order valence-corrected chi connectivity index (χ0v) is 13.4. The molecule has 2 rings (SSSR count). The van der Waals surface area contributed by atoms with E-state index in [9.17, 15) is 4.79 Å². The molecule has 0 radical (unpaired) electrons. The average Bonchev–Trinajstić information content (AvgIpc) is 2.56. The average molecular weight is 301 g/mol. The molecule has 1 aromatic carbocycles. The number of methoxy groups -OCH3 is 1. The zero-order valence-electron chi connectivity index (χ0n) is 13.4. The van der Waals surface area contributed by atoms with E-state index < -0.39 is 0 Å². The van der Waals surface area contributed by atoms with Gasteiger partial charge in [-0.15, -0.1) is 0 Å². The van der Waals surface area contributed by atoms with E-state index in [0.29, 0.717) is 13.1 Å². The first kappa shape index (κ1) is 16.2. The van der Waals surface area contributed by atoms with E-state index >= 15 is 0 Å². The predicted molar refractivity (Wildman–Crippen MR) is 88.2 cm³/mol. The highest BCUT2D eigenvalue weighted by Gasteiger charge is 2.12. The van der Waals surface area contributed by atoms with Crippen molar-refractivity contribution in [2.75, 3.05) is 13.7 Å². The van der Waals surface area contributed by atoms with Crippen molar-refractivity contribution in [1.29, 1.82) is 0 Å². The molecule has 0 aliphatic heterocycles. The number of para-hydroxylation sites is 1. The second kappa shape index (κ2) is 7.75. The molecule has 1 heterocycles. The Morgan fingerprint density at radius 3 is 2.73 bits per heavy atom. The van der Waals surface area contributed by atoms with Gasteiger partial charge in [0.1, 0.15) is 5.75 Å². The molecule has 22 heavy (non-hydrogen) atoms. The molecule has 0 atom stereocenters. The number of benzene rings is 1. The smallest absolute Gasteiger partial charge is 0.271 e. The second-order valence-corrected chi connectivity index (χ2v) is 5.05. The standard InChI is InChI=1S/C17H23N3O2/c1-4-10-18-12-13-11-15(19-20(5-2)17(13)21)14-8-6-7-9-16(14)22-3/h6-9,11,18H,4-5,10,12H2,1-3H3. The van der Waals surface area contributed by atoms with Gasteiger partial charge in [-0.25, -0.2) is 4.68 Å². The number of aryl methyl sites for hydroxylation is 1. The van der Waals surface area contributed by atoms with Crippen LogP contribution in [0.5, 0.6) is 5.75 Å². The molecule has 5 nitrogen and oxygen atoms in total. The molecule has 0 saturated carbocycles. The number of hydrogen-bond acceptors (Lipinski definition) is 4. The lowest BCUT2D eigenvalue weighted by Gasteiger charge is -2.12. The van der Waals surface area contributed by atoms with E-state index in [1.807, 2.05) is 37.3 Å².